The van der Waals surface area contributed by atoms with E-state index in [0.717, 1.165) is 46.2 Å². The van der Waals surface area contributed by atoms with Crippen LogP contribution in [0.4, 0.5) is 0 Å². The molecule has 0 aliphatic rings. The molecule has 30 heavy (non-hydrogen) atoms. The molecule has 0 fully saturated rings. The van der Waals surface area contributed by atoms with E-state index in [-0.39, 0.29) is 5.41 Å². The van der Waals surface area contributed by atoms with Crippen LogP contribution < -0.4 is 4.74 Å². The van der Waals surface area contributed by atoms with Crippen molar-refractivity contribution in [3.63, 3.8) is 0 Å². The summed E-state index contributed by atoms with van der Waals surface area (Å²) in [6.07, 6.45) is 0.961. The van der Waals surface area contributed by atoms with Crippen LogP contribution in [-0.4, -0.2) is 35.4 Å². The van der Waals surface area contributed by atoms with Crippen molar-refractivity contribution in [3.05, 3.63) is 46.2 Å². The number of aromatic nitrogens is 1. The Morgan fingerprint density at radius 1 is 1.17 bits per heavy atom. The monoisotopic (exact) mass is 417 g/mol. The standard InChI is InChI=1S/C24H35NO5/c1-8-10-28-20(22(26)27)14-18-12-15(2)21(16(3)13-18)29-11-9-19-17(4)30-23(25-19)24(5,6)7/h12-13,20H,8-11,14H2,1-7H3,(H,26,27). The molecule has 1 unspecified atom stereocenters. The van der Waals surface area contributed by atoms with E-state index in [4.69, 9.17) is 13.9 Å². The number of aliphatic carboxylic acids is 1. The first kappa shape index (κ1) is 23.9. The number of hydrogen-bond acceptors (Lipinski definition) is 5. The SMILES string of the molecule is CCCOC(Cc1cc(C)c(OCCc2nc(C(C)(C)C)oc2C)c(C)c1)C(=O)O. The molecule has 1 heterocycles. The number of rotatable bonds is 10. The Kier molecular flexibility index (Phi) is 8.07. The van der Waals surface area contributed by atoms with Crippen LogP contribution in [0.25, 0.3) is 0 Å². The fraction of sp³-hybridized carbons (Fsp3) is 0.583. The minimum Gasteiger partial charge on any atom is -0.493 e. The third-order valence-corrected chi connectivity index (χ3v) is 4.86. The molecule has 0 saturated heterocycles. The number of carboxylic acids is 1. The minimum atomic E-state index is -0.934. The molecule has 0 amide bonds. The van der Waals surface area contributed by atoms with Gasteiger partial charge < -0.3 is 19.0 Å². The molecule has 1 aromatic heterocycles. The van der Waals surface area contributed by atoms with Gasteiger partial charge in [-0.15, -0.1) is 0 Å². The van der Waals surface area contributed by atoms with Gasteiger partial charge in [-0.1, -0.05) is 39.8 Å². The van der Waals surface area contributed by atoms with Gasteiger partial charge in [0.2, 0.25) is 0 Å². The zero-order chi connectivity index (χ0) is 22.5. The number of ether oxygens (including phenoxy) is 2. The largest absolute Gasteiger partial charge is 0.493 e. The number of oxazole rings is 1. The first-order chi connectivity index (χ1) is 14.0. The minimum absolute atomic E-state index is 0.123. The van der Waals surface area contributed by atoms with Crippen molar-refractivity contribution < 1.29 is 23.8 Å². The molecular weight excluding hydrogens is 382 g/mol. The lowest BCUT2D eigenvalue weighted by Crippen LogP contribution is -2.26. The maximum absolute atomic E-state index is 11.5. The van der Waals surface area contributed by atoms with Crippen LogP contribution >= 0.6 is 0 Å². The van der Waals surface area contributed by atoms with Crippen molar-refractivity contribution in [2.45, 2.75) is 79.2 Å². The molecule has 1 aromatic carbocycles. The molecule has 0 aliphatic carbocycles. The van der Waals surface area contributed by atoms with E-state index >= 15 is 0 Å². The quantitative estimate of drug-likeness (QED) is 0.589. The van der Waals surface area contributed by atoms with Gasteiger partial charge in [0.1, 0.15) is 11.5 Å². The highest BCUT2D eigenvalue weighted by atomic mass is 16.5. The van der Waals surface area contributed by atoms with E-state index < -0.39 is 12.1 Å². The molecule has 2 aromatic rings. The van der Waals surface area contributed by atoms with E-state index in [1.165, 1.54) is 0 Å². The second kappa shape index (κ2) is 10.1. The second-order valence-electron chi connectivity index (χ2n) is 8.83. The first-order valence-electron chi connectivity index (χ1n) is 10.6. The van der Waals surface area contributed by atoms with Gasteiger partial charge in [0.15, 0.2) is 12.0 Å². The summed E-state index contributed by atoms with van der Waals surface area (Å²) in [5.41, 5.74) is 3.70. The van der Waals surface area contributed by atoms with Crippen LogP contribution in [0, 0.1) is 20.8 Å². The Morgan fingerprint density at radius 2 is 1.80 bits per heavy atom. The van der Waals surface area contributed by atoms with Crippen LogP contribution in [0.2, 0.25) is 0 Å². The third kappa shape index (κ3) is 6.33. The van der Waals surface area contributed by atoms with Crippen LogP contribution in [0.5, 0.6) is 5.75 Å². The highest BCUT2D eigenvalue weighted by Gasteiger charge is 2.22. The molecule has 1 N–H and O–H groups in total. The summed E-state index contributed by atoms with van der Waals surface area (Å²) in [6.45, 7) is 15.0. The van der Waals surface area contributed by atoms with Crippen molar-refractivity contribution in [3.8, 4) is 5.75 Å². The molecule has 166 valence electrons. The lowest BCUT2D eigenvalue weighted by atomic mass is 9.97. The average Bonchev–Trinajstić information content (AvgIpc) is 3.02. The normalized spacial score (nSPS) is 12.8. The Bertz CT molecular complexity index is 840. The number of hydrogen-bond donors (Lipinski definition) is 1. The highest BCUT2D eigenvalue weighted by Crippen LogP contribution is 2.27. The van der Waals surface area contributed by atoms with Gasteiger partial charge in [0.05, 0.1) is 12.3 Å². The van der Waals surface area contributed by atoms with E-state index in [2.05, 4.69) is 25.8 Å². The van der Waals surface area contributed by atoms with Crippen molar-refractivity contribution in [1.29, 1.82) is 0 Å². The summed E-state index contributed by atoms with van der Waals surface area (Å²) < 4.78 is 17.3. The van der Waals surface area contributed by atoms with Gasteiger partial charge in [0, 0.05) is 24.9 Å². The lowest BCUT2D eigenvalue weighted by molar-refractivity contribution is -0.150. The fourth-order valence-corrected chi connectivity index (χ4v) is 3.31. The molecule has 0 bridgehead atoms. The maximum Gasteiger partial charge on any atom is 0.333 e. The zero-order valence-electron chi connectivity index (χ0n) is 19.3. The molecular formula is C24H35NO5. The van der Waals surface area contributed by atoms with E-state index in [0.29, 0.717) is 26.1 Å². The Labute approximate surface area is 179 Å². The molecule has 6 heteroatoms. The molecule has 0 spiro atoms. The van der Waals surface area contributed by atoms with Crippen LogP contribution in [0.15, 0.2) is 16.5 Å². The predicted molar refractivity (Wildman–Crippen MR) is 116 cm³/mol. The number of aryl methyl sites for hydroxylation is 3. The highest BCUT2D eigenvalue weighted by molar-refractivity contribution is 5.72. The van der Waals surface area contributed by atoms with Crippen molar-refractivity contribution in [2.75, 3.05) is 13.2 Å². The Balaban J connectivity index is 2.04. The summed E-state index contributed by atoms with van der Waals surface area (Å²) in [5.74, 6) is 1.47. The average molecular weight is 418 g/mol. The summed E-state index contributed by atoms with van der Waals surface area (Å²) >= 11 is 0. The fourth-order valence-electron chi connectivity index (χ4n) is 3.31. The summed E-state index contributed by atoms with van der Waals surface area (Å²) in [7, 11) is 0. The van der Waals surface area contributed by atoms with Crippen LogP contribution in [0.3, 0.4) is 0 Å². The number of benzene rings is 1. The van der Waals surface area contributed by atoms with Crippen molar-refractivity contribution in [2.24, 2.45) is 0 Å². The second-order valence-corrected chi connectivity index (χ2v) is 8.83. The number of carbonyl (C=O) groups is 1. The van der Waals surface area contributed by atoms with E-state index in [9.17, 15) is 9.90 Å². The smallest absolute Gasteiger partial charge is 0.333 e. The van der Waals surface area contributed by atoms with Gasteiger partial charge in [-0.3, -0.25) is 0 Å². The van der Waals surface area contributed by atoms with Crippen LogP contribution in [-0.2, 0) is 27.8 Å². The lowest BCUT2D eigenvalue weighted by Gasteiger charge is -2.17. The Morgan fingerprint density at radius 3 is 2.30 bits per heavy atom. The van der Waals surface area contributed by atoms with Gasteiger partial charge >= 0.3 is 5.97 Å². The van der Waals surface area contributed by atoms with Crippen molar-refractivity contribution >= 4 is 5.97 Å². The topological polar surface area (TPSA) is 81.8 Å². The summed E-state index contributed by atoms with van der Waals surface area (Å²) in [6, 6.07) is 3.96. The number of carboxylic acid groups (broad SMARTS) is 1. The van der Waals surface area contributed by atoms with E-state index in [1.54, 1.807) is 0 Å². The zero-order valence-corrected chi connectivity index (χ0v) is 19.3. The number of nitrogens with zero attached hydrogens (tertiary/aromatic N) is 1. The molecule has 1 atom stereocenters. The predicted octanol–water partition coefficient (Wildman–Crippen LogP) is 4.94. The molecule has 0 aliphatic heterocycles. The summed E-state index contributed by atoms with van der Waals surface area (Å²) in [5, 5.41) is 9.39. The molecule has 6 nitrogen and oxygen atoms in total. The van der Waals surface area contributed by atoms with Gasteiger partial charge in [0.25, 0.3) is 0 Å². The van der Waals surface area contributed by atoms with Crippen LogP contribution in [0.1, 0.15) is 68.2 Å². The third-order valence-electron chi connectivity index (χ3n) is 4.86. The van der Waals surface area contributed by atoms with E-state index in [1.807, 2.05) is 39.8 Å². The Hall–Kier alpha value is -2.34. The van der Waals surface area contributed by atoms with Crippen molar-refractivity contribution in [1.82, 2.24) is 4.98 Å². The maximum atomic E-state index is 11.5. The molecule has 0 saturated carbocycles. The first-order valence-corrected chi connectivity index (χ1v) is 10.6. The molecule has 2 rings (SSSR count). The molecule has 0 radical (unpaired) electrons. The van der Waals surface area contributed by atoms with Gasteiger partial charge in [-0.25, -0.2) is 9.78 Å². The summed E-state index contributed by atoms with van der Waals surface area (Å²) in [4.78, 5) is 16.1. The van der Waals surface area contributed by atoms with Gasteiger partial charge in [-0.2, -0.15) is 0 Å². The van der Waals surface area contributed by atoms with Gasteiger partial charge in [-0.05, 0) is 43.9 Å².